The van der Waals surface area contributed by atoms with E-state index < -0.39 is 10.0 Å². The number of hydrogen-bond donors (Lipinski definition) is 3. The summed E-state index contributed by atoms with van der Waals surface area (Å²) >= 11 is 0. The number of nitrogens with one attached hydrogen (secondary N) is 3. The smallest absolute Gasteiger partial charge is 0.211 e. The molecule has 0 atom stereocenters. The maximum atomic E-state index is 11.3. The second-order valence-electron chi connectivity index (χ2n) is 5.28. The van der Waals surface area contributed by atoms with Crippen LogP contribution in [-0.4, -0.2) is 59.5 Å². The van der Waals surface area contributed by atoms with E-state index in [0.29, 0.717) is 38.1 Å². The number of ether oxygens (including phenoxy) is 1. The van der Waals surface area contributed by atoms with Crippen molar-refractivity contribution in [1.29, 1.82) is 0 Å². The van der Waals surface area contributed by atoms with Gasteiger partial charge in [-0.2, -0.15) is 0 Å². The van der Waals surface area contributed by atoms with Crippen LogP contribution in [0, 0.1) is 5.92 Å². The summed E-state index contributed by atoms with van der Waals surface area (Å²) in [7, 11) is -3.14. The molecule has 0 aromatic heterocycles. The number of guanidine groups is 1. The molecule has 0 aliphatic rings. The highest BCUT2D eigenvalue weighted by Crippen LogP contribution is 1.98. The minimum atomic E-state index is -3.14. The van der Waals surface area contributed by atoms with Crippen LogP contribution in [0.4, 0.5) is 0 Å². The number of hydrogen-bond acceptors (Lipinski definition) is 4. The first kappa shape index (κ1) is 25.1. The summed E-state index contributed by atoms with van der Waals surface area (Å²) in [5.74, 6) is 1.41. The van der Waals surface area contributed by atoms with Crippen LogP contribution in [-0.2, 0) is 14.8 Å². The van der Waals surface area contributed by atoms with Gasteiger partial charge in [-0.3, -0.25) is 4.99 Å². The lowest BCUT2D eigenvalue weighted by molar-refractivity contribution is 0.128. The molecule has 0 heterocycles. The van der Waals surface area contributed by atoms with Crippen molar-refractivity contribution in [2.45, 2.75) is 34.1 Å². The molecule has 0 bridgehead atoms. The zero-order chi connectivity index (χ0) is 16.8. The summed E-state index contributed by atoms with van der Waals surface area (Å²) in [4.78, 5) is 4.31. The second kappa shape index (κ2) is 15.4. The van der Waals surface area contributed by atoms with Crippen molar-refractivity contribution in [3.8, 4) is 0 Å². The van der Waals surface area contributed by atoms with Crippen LogP contribution in [0.15, 0.2) is 4.99 Å². The van der Waals surface area contributed by atoms with Crippen molar-refractivity contribution >= 4 is 40.0 Å². The minimum Gasteiger partial charge on any atom is -0.380 e. The molecule has 0 unspecified atom stereocenters. The molecular weight excluding hydrogens is 431 g/mol. The largest absolute Gasteiger partial charge is 0.380 e. The van der Waals surface area contributed by atoms with Crippen LogP contribution < -0.4 is 15.4 Å². The zero-order valence-electron chi connectivity index (χ0n) is 14.7. The van der Waals surface area contributed by atoms with Gasteiger partial charge in [0.1, 0.15) is 0 Å². The topological polar surface area (TPSA) is 91.8 Å². The van der Waals surface area contributed by atoms with Gasteiger partial charge in [0, 0.05) is 26.2 Å². The molecule has 0 aromatic carbocycles. The molecule has 3 N–H and O–H groups in total. The predicted molar refractivity (Wildman–Crippen MR) is 107 cm³/mol. The van der Waals surface area contributed by atoms with Gasteiger partial charge in [0.05, 0.1) is 18.9 Å². The van der Waals surface area contributed by atoms with Crippen molar-refractivity contribution in [3.05, 3.63) is 0 Å². The second-order valence-corrected chi connectivity index (χ2v) is 7.38. The Morgan fingerprint density at radius 2 is 1.83 bits per heavy atom. The van der Waals surface area contributed by atoms with Crippen LogP contribution in [0.2, 0.25) is 0 Å². The molecule has 0 saturated carbocycles. The van der Waals surface area contributed by atoms with E-state index in [4.69, 9.17) is 4.74 Å². The molecule has 23 heavy (non-hydrogen) atoms. The van der Waals surface area contributed by atoms with Gasteiger partial charge in [-0.1, -0.05) is 13.8 Å². The fraction of sp³-hybridized carbons (Fsp3) is 0.929. The van der Waals surface area contributed by atoms with Crippen molar-refractivity contribution in [2.75, 3.05) is 45.1 Å². The van der Waals surface area contributed by atoms with E-state index in [1.807, 2.05) is 6.92 Å². The molecule has 0 amide bonds. The van der Waals surface area contributed by atoms with Gasteiger partial charge in [-0.15, -0.1) is 24.0 Å². The first-order chi connectivity index (χ1) is 10.4. The summed E-state index contributed by atoms with van der Waals surface area (Å²) in [5, 5.41) is 6.27. The van der Waals surface area contributed by atoms with Gasteiger partial charge in [0.25, 0.3) is 0 Å². The Kier molecular flexibility index (Phi) is 16.8. The summed E-state index contributed by atoms with van der Waals surface area (Å²) in [5.41, 5.74) is 0. The van der Waals surface area contributed by atoms with Gasteiger partial charge >= 0.3 is 0 Å². The standard InChI is InChI=1S/C14H32N4O3S.HI/c1-5-15-14(16-8-9-18-22(19,20)6-2)17-10-12-21-11-7-13(3)4;/h13,18H,5-12H2,1-4H3,(H2,15,16,17);1H. The third-order valence-electron chi connectivity index (χ3n) is 2.81. The van der Waals surface area contributed by atoms with Gasteiger partial charge < -0.3 is 15.4 Å². The van der Waals surface area contributed by atoms with Crippen LogP contribution >= 0.6 is 24.0 Å². The summed E-state index contributed by atoms with van der Waals surface area (Å²) in [6.45, 7) is 11.4. The van der Waals surface area contributed by atoms with Crippen molar-refractivity contribution in [3.63, 3.8) is 0 Å². The van der Waals surface area contributed by atoms with Gasteiger partial charge in [0.15, 0.2) is 5.96 Å². The highest BCUT2D eigenvalue weighted by atomic mass is 127. The van der Waals surface area contributed by atoms with Gasteiger partial charge in [-0.05, 0) is 26.2 Å². The fourth-order valence-corrected chi connectivity index (χ4v) is 2.08. The lowest BCUT2D eigenvalue weighted by atomic mass is 10.1. The molecule has 140 valence electrons. The van der Waals surface area contributed by atoms with Crippen molar-refractivity contribution < 1.29 is 13.2 Å². The number of nitrogens with zero attached hydrogens (tertiary/aromatic N) is 1. The SMILES string of the molecule is CCNC(=NCCNS(=O)(=O)CC)NCCOCCC(C)C.I. The number of halogens is 1. The number of sulfonamides is 1. The number of rotatable bonds is 12. The Hall–Kier alpha value is -0.130. The molecule has 0 saturated heterocycles. The average Bonchev–Trinajstić information content (AvgIpc) is 2.46. The Morgan fingerprint density at radius 3 is 2.39 bits per heavy atom. The molecule has 0 aliphatic carbocycles. The van der Waals surface area contributed by atoms with Crippen LogP contribution in [0.25, 0.3) is 0 Å². The molecule has 0 radical (unpaired) electrons. The Morgan fingerprint density at radius 1 is 1.13 bits per heavy atom. The molecule has 9 heteroatoms. The molecule has 0 aromatic rings. The highest BCUT2D eigenvalue weighted by molar-refractivity contribution is 14.0. The molecular formula is C14H33IN4O3S. The normalized spacial score (nSPS) is 12.1. The molecule has 0 spiro atoms. The number of aliphatic imine (C=N–C) groups is 1. The predicted octanol–water partition coefficient (Wildman–Crippen LogP) is 1.16. The van der Waals surface area contributed by atoms with Gasteiger partial charge in [0.2, 0.25) is 10.0 Å². The fourth-order valence-electron chi connectivity index (χ4n) is 1.48. The average molecular weight is 464 g/mol. The third kappa shape index (κ3) is 16.5. The minimum absolute atomic E-state index is 0. The van der Waals surface area contributed by atoms with Gasteiger partial charge in [-0.25, -0.2) is 13.1 Å². The summed E-state index contributed by atoms with van der Waals surface area (Å²) in [6.07, 6.45) is 1.06. The quantitative estimate of drug-likeness (QED) is 0.175. The van der Waals surface area contributed by atoms with E-state index in [2.05, 4.69) is 34.2 Å². The maximum Gasteiger partial charge on any atom is 0.211 e. The van der Waals surface area contributed by atoms with E-state index >= 15 is 0 Å². The monoisotopic (exact) mass is 464 g/mol. The molecule has 0 fully saturated rings. The Balaban J connectivity index is 0. The molecule has 7 nitrogen and oxygen atoms in total. The van der Waals surface area contributed by atoms with Crippen LogP contribution in [0.5, 0.6) is 0 Å². The maximum absolute atomic E-state index is 11.3. The Labute approximate surface area is 158 Å². The molecule has 0 rings (SSSR count). The third-order valence-corrected chi connectivity index (χ3v) is 4.21. The van der Waals surface area contributed by atoms with E-state index in [9.17, 15) is 8.42 Å². The van der Waals surface area contributed by atoms with Crippen molar-refractivity contribution in [2.24, 2.45) is 10.9 Å². The van der Waals surface area contributed by atoms with Crippen molar-refractivity contribution in [1.82, 2.24) is 15.4 Å². The van der Waals surface area contributed by atoms with E-state index in [-0.39, 0.29) is 29.7 Å². The lowest BCUT2D eigenvalue weighted by Crippen LogP contribution is -2.39. The van der Waals surface area contributed by atoms with E-state index in [0.717, 1.165) is 19.6 Å². The van der Waals surface area contributed by atoms with E-state index in [1.165, 1.54) is 0 Å². The zero-order valence-corrected chi connectivity index (χ0v) is 17.9. The first-order valence-electron chi connectivity index (χ1n) is 7.98. The first-order valence-corrected chi connectivity index (χ1v) is 9.63. The summed E-state index contributed by atoms with van der Waals surface area (Å²) < 4.78 is 30.6. The molecule has 0 aliphatic heterocycles. The summed E-state index contributed by atoms with van der Waals surface area (Å²) in [6, 6.07) is 0. The highest BCUT2D eigenvalue weighted by Gasteiger charge is 2.04. The van der Waals surface area contributed by atoms with Crippen LogP contribution in [0.3, 0.4) is 0 Å². The van der Waals surface area contributed by atoms with E-state index in [1.54, 1.807) is 6.92 Å². The lowest BCUT2D eigenvalue weighted by Gasteiger charge is -2.12. The Bertz CT molecular complexity index is 403. The van der Waals surface area contributed by atoms with Crippen LogP contribution in [0.1, 0.15) is 34.1 Å².